The van der Waals surface area contributed by atoms with Gasteiger partial charge in [0.05, 0.1) is 26.5 Å². The molecule has 0 atom stereocenters. The number of unbranched alkanes of at least 4 members (excludes halogenated alkanes) is 1. The Morgan fingerprint density at radius 2 is 1.76 bits per heavy atom. The number of anilines is 1. The lowest BCUT2D eigenvalue weighted by molar-refractivity contribution is 0.348. The van der Waals surface area contributed by atoms with Crippen molar-refractivity contribution in [2.24, 2.45) is 5.10 Å². The van der Waals surface area contributed by atoms with Crippen molar-refractivity contribution in [1.29, 1.82) is 0 Å². The second kappa shape index (κ2) is 12.4. The molecule has 172 valence electrons. The number of aromatic nitrogens is 2. The topological polar surface area (TPSA) is 89.9 Å². The van der Waals surface area contributed by atoms with Crippen LogP contribution in [0.2, 0.25) is 0 Å². The summed E-state index contributed by atoms with van der Waals surface area (Å²) in [6.07, 6.45) is 4.68. The van der Waals surface area contributed by atoms with Crippen molar-refractivity contribution in [2.45, 2.75) is 26.2 Å². The predicted octanol–water partition coefficient (Wildman–Crippen LogP) is 4.95. The Labute approximate surface area is 199 Å². The zero-order valence-corrected chi connectivity index (χ0v) is 19.7. The first kappa shape index (κ1) is 23.9. The maximum Gasteiger partial charge on any atom is 0.328 e. The van der Waals surface area contributed by atoms with E-state index in [1.54, 1.807) is 12.3 Å². The van der Waals surface area contributed by atoms with E-state index in [4.69, 9.17) is 26.4 Å². The third kappa shape index (κ3) is 7.15. The van der Waals surface area contributed by atoms with Crippen LogP contribution in [0, 0.1) is 0 Å². The van der Waals surface area contributed by atoms with Gasteiger partial charge in [0.25, 0.3) is 0 Å². The van der Waals surface area contributed by atoms with Gasteiger partial charge < -0.3 is 19.5 Å². The van der Waals surface area contributed by atoms with E-state index in [0.717, 1.165) is 36.1 Å². The van der Waals surface area contributed by atoms with E-state index in [2.05, 4.69) is 38.8 Å². The number of methoxy groups -OCH3 is 2. The molecule has 1 heterocycles. The summed E-state index contributed by atoms with van der Waals surface area (Å²) in [5.74, 6) is 1.24. The van der Waals surface area contributed by atoms with Crippen molar-refractivity contribution in [2.75, 3.05) is 19.5 Å². The highest BCUT2D eigenvalue weighted by Crippen LogP contribution is 2.28. The maximum absolute atomic E-state index is 6.02. The highest BCUT2D eigenvalue weighted by molar-refractivity contribution is 7.80. The molecule has 0 aliphatic carbocycles. The first-order valence-corrected chi connectivity index (χ1v) is 11.0. The standard InChI is InChI=1S/C24H27N5O3S/c1-4-5-10-17-11-9-14-20(32-23-27-21(30-2)15-22(28-23)31-3)19(17)16-25-29-24(33)26-18-12-7-6-8-13-18/h6-9,11-16H,4-5,10H2,1-3H3,(H2,26,29,33)/b25-16+. The minimum atomic E-state index is 0.114. The Bertz CT molecular complexity index is 1070. The van der Waals surface area contributed by atoms with E-state index in [1.807, 2.05) is 42.5 Å². The summed E-state index contributed by atoms with van der Waals surface area (Å²) in [6.45, 7) is 2.15. The number of nitrogens with zero attached hydrogens (tertiary/aromatic N) is 3. The Balaban J connectivity index is 1.82. The summed E-state index contributed by atoms with van der Waals surface area (Å²) in [5.41, 5.74) is 5.64. The molecule has 0 radical (unpaired) electrons. The molecule has 3 rings (SSSR count). The molecule has 0 amide bonds. The van der Waals surface area contributed by atoms with Gasteiger partial charge in [-0.2, -0.15) is 15.1 Å². The molecule has 0 spiro atoms. The van der Waals surface area contributed by atoms with Crippen molar-refractivity contribution in [1.82, 2.24) is 15.4 Å². The van der Waals surface area contributed by atoms with Gasteiger partial charge in [0.1, 0.15) is 5.75 Å². The van der Waals surface area contributed by atoms with Crippen molar-refractivity contribution >= 4 is 29.2 Å². The van der Waals surface area contributed by atoms with Crippen LogP contribution in [0.1, 0.15) is 30.9 Å². The molecule has 0 aliphatic heterocycles. The van der Waals surface area contributed by atoms with Gasteiger partial charge in [-0.15, -0.1) is 0 Å². The summed E-state index contributed by atoms with van der Waals surface area (Å²) in [6, 6.07) is 17.2. The van der Waals surface area contributed by atoms with Crippen LogP contribution in [0.4, 0.5) is 5.69 Å². The van der Waals surface area contributed by atoms with Gasteiger partial charge in [-0.25, -0.2) is 0 Å². The predicted molar refractivity (Wildman–Crippen MR) is 134 cm³/mol. The van der Waals surface area contributed by atoms with Crippen LogP contribution < -0.4 is 25.0 Å². The SMILES string of the molecule is CCCCc1cccc(Oc2nc(OC)cc(OC)n2)c1/C=N/NC(=S)Nc1ccccc1. The fraction of sp³-hybridized carbons (Fsp3) is 0.250. The average Bonchev–Trinajstić information content (AvgIpc) is 2.84. The zero-order chi connectivity index (χ0) is 23.5. The van der Waals surface area contributed by atoms with E-state index in [1.165, 1.54) is 14.2 Å². The molecule has 2 aromatic carbocycles. The second-order valence-electron chi connectivity index (χ2n) is 6.96. The van der Waals surface area contributed by atoms with Gasteiger partial charge in [0, 0.05) is 11.3 Å². The third-order valence-corrected chi connectivity index (χ3v) is 4.82. The van der Waals surface area contributed by atoms with Crippen LogP contribution in [0.15, 0.2) is 59.7 Å². The van der Waals surface area contributed by atoms with Crippen LogP contribution in [0.25, 0.3) is 0 Å². The Hall–Kier alpha value is -3.72. The molecule has 9 heteroatoms. The van der Waals surface area contributed by atoms with Gasteiger partial charge in [0.15, 0.2) is 5.11 Å². The molecule has 2 N–H and O–H groups in total. The molecule has 0 unspecified atom stereocenters. The molecule has 0 bridgehead atoms. The molecule has 0 fully saturated rings. The fourth-order valence-electron chi connectivity index (χ4n) is 2.98. The molecule has 33 heavy (non-hydrogen) atoms. The summed E-state index contributed by atoms with van der Waals surface area (Å²) >= 11 is 5.33. The normalized spacial score (nSPS) is 10.6. The summed E-state index contributed by atoms with van der Waals surface area (Å²) in [5, 5.41) is 7.79. The van der Waals surface area contributed by atoms with Crippen LogP contribution in [0.3, 0.4) is 0 Å². The summed E-state index contributed by atoms with van der Waals surface area (Å²) < 4.78 is 16.4. The van der Waals surface area contributed by atoms with Crippen molar-refractivity contribution in [3.05, 3.63) is 65.7 Å². The quantitative estimate of drug-likeness (QED) is 0.247. The fourth-order valence-corrected chi connectivity index (χ4v) is 3.15. The average molecular weight is 466 g/mol. The number of nitrogens with one attached hydrogen (secondary N) is 2. The summed E-state index contributed by atoms with van der Waals surface area (Å²) in [4.78, 5) is 8.51. The number of hydrogen-bond acceptors (Lipinski definition) is 7. The van der Waals surface area contributed by atoms with Crippen LogP contribution in [0.5, 0.6) is 23.5 Å². The number of benzene rings is 2. The van der Waals surface area contributed by atoms with Gasteiger partial charge in [0.2, 0.25) is 11.8 Å². The van der Waals surface area contributed by atoms with Crippen molar-refractivity contribution in [3.8, 4) is 23.5 Å². The zero-order valence-electron chi connectivity index (χ0n) is 18.9. The largest absolute Gasteiger partial charge is 0.481 e. The number of thiocarbonyl (C=S) groups is 1. The van der Waals surface area contributed by atoms with Crippen molar-refractivity contribution in [3.63, 3.8) is 0 Å². The molecular weight excluding hydrogens is 438 g/mol. The second-order valence-corrected chi connectivity index (χ2v) is 7.37. The number of rotatable bonds is 10. The van der Waals surface area contributed by atoms with E-state index < -0.39 is 0 Å². The molecule has 0 saturated carbocycles. The van der Waals surface area contributed by atoms with E-state index in [0.29, 0.717) is 22.6 Å². The number of ether oxygens (including phenoxy) is 3. The molecular formula is C24H27N5O3S. The Kier molecular flexibility index (Phi) is 8.96. The molecule has 0 saturated heterocycles. The monoisotopic (exact) mass is 465 g/mol. The number of aryl methyl sites for hydroxylation is 1. The van der Waals surface area contributed by atoms with E-state index >= 15 is 0 Å². The lowest BCUT2D eigenvalue weighted by Crippen LogP contribution is -2.23. The number of para-hydroxylation sites is 1. The Morgan fingerprint density at radius 3 is 2.42 bits per heavy atom. The number of hydrazone groups is 1. The van der Waals surface area contributed by atoms with Gasteiger partial charge in [-0.1, -0.05) is 43.7 Å². The van der Waals surface area contributed by atoms with E-state index in [-0.39, 0.29) is 6.01 Å². The molecule has 8 nitrogen and oxygen atoms in total. The minimum Gasteiger partial charge on any atom is -0.481 e. The molecule has 0 aliphatic rings. The maximum atomic E-state index is 6.02. The molecule has 1 aromatic heterocycles. The Morgan fingerprint density at radius 1 is 1.03 bits per heavy atom. The first-order chi connectivity index (χ1) is 16.1. The smallest absolute Gasteiger partial charge is 0.328 e. The first-order valence-electron chi connectivity index (χ1n) is 10.5. The highest BCUT2D eigenvalue weighted by atomic mass is 32.1. The van der Waals surface area contributed by atoms with Gasteiger partial charge >= 0.3 is 6.01 Å². The number of hydrogen-bond donors (Lipinski definition) is 2. The lowest BCUT2D eigenvalue weighted by atomic mass is 10.0. The summed E-state index contributed by atoms with van der Waals surface area (Å²) in [7, 11) is 3.04. The van der Waals surface area contributed by atoms with Crippen molar-refractivity contribution < 1.29 is 14.2 Å². The molecule has 3 aromatic rings. The highest BCUT2D eigenvalue weighted by Gasteiger charge is 2.13. The minimum absolute atomic E-state index is 0.114. The van der Waals surface area contributed by atoms with E-state index in [9.17, 15) is 0 Å². The lowest BCUT2D eigenvalue weighted by Gasteiger charge is -2.13. The van der Waals surface area contributed by atoms with Gasteiger partial charge in [-0.05, 0) is 48.8 Å². The van der Waals surface area contributed by atoms with Crippen LogP contribution in [-0.4, -0.2) is 35.5 Å². The third-order valence-electron chi connectivity index (χ3n) is 4.63. The van der Waals surface area contributed by atoms with Gasteiger partial charge in [-0.3, -0.25) is 5.43 Å². The van der Waals surface area contributed by atoms with Crippen LogP contribution >= 0.6 is 12.2 Å². The van der Waals surface area contributed by atoms with Crippen LogP contribution in [-0.2, 0) is 6.42 Å².